The van der Waals surface area contributed by atoms with Crippen molar-refractivity contribution in [3.05, 3.63) is 77.4 Å². The van der Waals surface area contributed by atoms with Crippen LogP contribution in [0.15, 0.2) is 60.7 Å². The van der Waals surface area contributed by atoms with Gasteiger partial charge in [-0.25, -0.2) is 0 Å². The van der Waals surface area contributed by atoms with Crippen LogP contribution >= 0.6 is 0 Å². The van der Waals surface area contributed by atoms with Crippen LogP contribution in [0.25, 0.3) is 22.3 Å². The molecule has 0 spiro atoms. The average molecular weight is 398 g/mol. The molecule has 0 aromatic heterocycles. The normalized spacial score (nSPS) is 17.4. The molecule has 0 saturated carbocycles. The zero-order valence-electron chi connectivity index (χ0n) is 19.2. The van der Waals surface area contributed by atoms with Crippen LogP contribution in [-0.4, -0.2) is 18.3 Å². The molecule has 3 heteroatoms. The lowest BCUT2D eigenvalue weighted by Gasteiger charge is -2.32. The van der Waals surface area contributed by atoms with Gasteiger partial charge in [0.25, 0.3) is 0 Å². The quantitative estimate of drug-likeness (QED) is 0.486. The van der Waals surface area contributed by atoms with Gasteiger partial charge >= 0.3 is 7.12 Å². The first-order valence-electron chi connectivity index (χ1n) is 10.7. The Hall–Kier alpha value is -2.36. The predicted molar refractivity (Wildman–Crippen MR) is 127 cm³/mol. The van der Waals surface area contributed by atoms with E-state index < -0.39 is 0 Å². The second-order valence-electron chi connectivity index (χ2n) is 9.56. The highest BCUT2D eigenvalue weighted by atomic mass is 16.7. The Kier molecular flexibility index (Phi) is 5.16. The van der Waals surface area contributed by atoms with Gasteiger partial charge < -0.3 is 9.31 Å². The molecule has 0 bridgehead atoms. The summed E-state index contributed by atoms with van der Waals surface area (Å²) in [5.74, 6) is 0. The molecular weight excluding hydrogens is 367 g/mol. The molecule has 1 aliphatic heterocycles. The molecule has 30 heavy (non-hydrogen) atoms. The summed E-state index contributed by atoms with van der Waals surface area (Å²) in [5.41, 5.74) is 9.12. The highest BCUT2D eigenvalue weighted by Crippen LogP contribution is 2.37. The van der Waals surface area contributed by atoms with Crippen molar-refractivity contribution < 1.29 is 9.31 Å². The Morgan fingerprint density at radius 2 is 1.07 bits per heavy atom. The second-order valence-corrected chi connectivity index (χ2v) is 9.56. The first kappa shape index (κ1) is 20.9. The SMILES string of the molecule is Cc1ccc(-c2ccc(-c3cc(C)c(B4OC(C)(C)C(C)(C)O4)cc3C)cc2)cc1. The summed E-state index contributed by atoms with van der Waals surface area (Å²) < 4.78 is 12.6. The molecule has 0 unspecified atom stereocenters. The van der Waals surface area contributed by atoms with E-state index in [1.807, 2.05) is 0 Å². The van der Waals surface area contributed by atoms with Crippen molar-refractivity contribution in [3.8, 4) is 22.3 Å². The Morgan fingerprint density at radius 1 is 0.600 bits per heavy atom. The van der Waals surface area contributed by atoms with Crippen molar-refractivity contribution in [1.82, 2.24) is 0 Å². The molecule has 154 valence electrons. The highest BCUT2D eigenvalue weighted by Gasteiger charge is 2.52. The molecule has 0 aliphatic carbocycles. The standard InChI is InChI=1S/C27H31BO2/c1-18-8-10-21(11-9-18)22-12-14-23(15-13-22)24-16-20(3)25(17-19(24)2)28-29-26(4,5)27(6,7)30-28/h8-17H,1-7H3. The molecular formula is C27H31BO2. The third kappa shape index (κ3) is 3.73. The number of hydrogen-bond donors (Lipinski definition) is 0. The first-order chi connectivity index (χ1) is 14.1. The zero-order valence-corrected chi connectivity index (χ0v) is 19.2. The van der Waals surface area contributed by atoms with Gasteiger partial charge in [0.05, 0.1) is 11.2 Å². The lowest BCUT2D eigenvalue weighted by atomic mass is 9.74. The van der Waals surface area contributed by atoms with E-state index in [0.717, 1.165) is 5.46 Å². The van der Waals surface area contributed by atoms with E-state index in [9.17, 15) is 0 Å². The van der Waals surface area contributed by atoms with E-state index in [-0.39, 0.29) is 18.3 Å². The first-order valence-corrected chi connectivity index (χ1v) is 10.7. The number of benzene rings is 3. The maximum atomic E-state index is 6.28. The van der Waals surface area contributed by atoms with Crippen molar-refractivity contribution in [3.63, 3.8) is 0 Å². The summed E-state index contributed by atoms with van der Waals surface area (Å²) in [6.45, 7) is 14.8. The second kappa shape index (κ2) is 7.41. The van der Waals surface area contributed by atoms with Crippen molar-refractivity contribution in [2.45, 2.75) is 59.7 Å². The molecule has 1 aliphatic rings. The predicted octanol–water partition coefficient (Wildman–Crippen LogP) is 6.25. The van der Waals surface area contributed by atoms with E-state index in [1.165, 1.54) is 38.9 Å². The number of rotatable bonds is 3. The van der Waals surface area contributed by atoms with Crippen molar-refractivity contribution in [1.29, 1.82) is 0 Å². The maximum Gasteiger partial charge on any atom is 0.495 e. The average Bonchev–Trinajstić information content (AvgIpc) is 2.91. The Bertz CT molecular complexity index is 1050. The zero-order chi connectivity index (χ0) is 21.7. The summed E-state index contributed by atoms with van der Waals surface area (Å²) in [6, 6.07) is 22.0. The van der Waals surface area contributed by atoms with Crippen LogP contribution in [0.4, 0.5) is 0 Å². The van der Waals surface area contributed by atoms with Gasteiger partial charge in [0, 0.05) is 0 Å². The third-order valence-corrected chi connectivity index (χ3v) is 6.70. The fraction of sp³-hybridized carbons (Fsp3) is 0.333. The Morgan fingerprint density at radius 3 is 1.60 bits per heavy atom. The Balaban J connectivity index is 1.63. The fourth-order valence-electron chi connectivity index (χ4n) is 3.96. The van der Waals surface area contributed by atoms with Gasteiger partial charge in [-0.1, -0.05) is 71.8 Å². The van der Waals surface area contributed by atoms with Gasteiger partial charge in [-0.2, -0.15) is 0 Å². The van der Waals surface area contributed by atoms with Crippen LogP contribution in [0.2, 0.25) is 0 Å². The topological polar surface area (TPSA) is 18.5 Å². The lowest BCUT2D eigenvalue weighted by molar-refractivity contribution is 0.00578. The monoisotopic (exact) mass is 398 g/mol. The maximum absolute atomic E-state index is 6.28. The van der Waals surface area contributed by atoms with Gasteiger partial charge in [0.15, 0.2) is 0 Å². The number of hydrogen-bond acceptors (Lipinski definition) is 2. The summed E-state index contributed by atoms with van der Waals surface area (Å²) in [7, 11) is -0.327. The van der Waals surface area contributed by atoms with Crippen molar-refractivity contribution >= 4 is 12.6 Å². The molecule has 3 aromatic carbocycles. The molecule has 1 heterocycles. The molecule has 0 atom stereocenters. The molecule has 1 fully saturated rings. The minimum absolute atomic E-state index is 0.327. The molecule has 0 radical (unpaired) electrons. The van der Waals surface area contributed by atoms with E-state index in [0.29, 0.717) is 0 Å². The molecule has 1 saturated heterocycles. The molecule has 0 amide bonds. The minimum Gasteiger partial charge on any atom is -0.399 e. The van der Waals surface area contributed by atoms with Crippen LogP contribution in [-0.2, 0) is 9.31 Å². The van der Waals surface area contributed by atoms with E-state index in [2.05, 4.69) is 109 Å². The van der Waals surface area contributed by atoms with E-state index in [4.69, 9.17) is 9.31 Å². The van der Waals surface area contributed by atoms with Gasteiger partial charge in [-0.3, -0.25) is 0 Å². The van der Waals surface area contributed by atoms with Crippen LogP contribution in [0.3, 0.4) is 0 Å². The summed E-state index contributed by atoms with van der Waals surface area (Å²) >= 11 is 0. The minimum atomic E-state index is -0.331. The molecule has 3 aromatic rings. The molecule has 0 N–H and O–H groups in total. The summed E-state index contributed by atoms with van der Waals surface area (Å²) in [4.78, 5) is 0. The van der Waals surface area contributed by atoms with Gasteiger partial charge in [-0.15, -0.1) is 0 Å². The summed E-state index contributed by atoms with van der Waals surface area (Å²) in [5, 5.41) is 0. The lowest BCUT2D eigenvalue weighted by Crippen LogP contribution is -2.41. The fourth-order valence-corrected chi connectivity index (χ4v) is 3.96. The molecule has 2 nitrogen and oxygen atoms in total. The van der Waals surface area contributed by atoms with Crippen LogP contribution in [0, 0.1) is 20.8 Å². The van der Waals surface area contributed by atoms with Gasteiger partial charge in [0.2, 0.25) is 0 Å². The van der Waals surface area contributed by atoms with Gasteiger partial charge in [-0.05, 0) is 81.7 Å². The number of aryl methyl sites for hydroxylation is 3. The smallest absolute Gasteiger partial charge is 0.399 e. The van der Waals surface area contributed by atoms with Crippen molar-refractivity contribution in [2.24, 2.45) is 0 Å². The van der Waals surface area contributed by atoms with Crippen LogP contribution in [0.1, 0.15) is 44.4 Å². The van der Waals surface area contributed by atoms with Gasteiger partial charge in [0.1, 0.15) is 0 Å². The van der Waals surface area contributed by atoms with Crippen molar-refractivity contribution in [2.75, 3.05) is 0 Å². The molecule has 4 rings (SSSR count). The third-order valence-electron chi connectivity index (χ3n) is 6.70. The van der Waals surface area contributed by atoms with Crippen LogP contribution in [0.5, 0.6) is 0 Å². The van der Waals surface area contributed by atoms with E-state index in [1.54, 1.807) is 0 Å². The van der Waals surface area contributed by atoms with E-state index >= 15 is 0 Å². The van der Waals surface area contributed by atoms with Crippen LogP contribution < -0.4 is 5.46 Å². The summed E-state index contributed by atoms with van der Waals surface area (Å²) in [6.07, 6.45) is 0. The Labute approximate surface area is 181 Å². The largest absolute Gasteiger partial charge is 0.495 e. The highest BCUT2D eigenvalue weighted by molar-refractivity contribution is 6.62.